The minimum atomic E-state index is 0.484. The third kappa shape index (κ3) is 1.45. The highest BCUT2D eigenvalue weighted by Crippen LogP contribution is 2.09. The van der Waals surface area contributed by atoms with Crippen molar-refractivity contribution < 1.29 is 0 Å². The summed E-state index contributed by atoms with van der Waals surface area (Å²) in [5, 5.41) is 8.44. The van der Waals surface area contributed by atoms with E-state index < -0.39 is 0 Å². The topological polar surface area (TPSA) is 36.7 Å². The van der Waals surface area contributed by atoms with Crippen LogP contribution < -0.4 is 0 Å². The zero-order chi connectivity index (χ0) is 7.56. The summed E-state index contributed by atoms with van der Waals surface area (Å²) in [7, 11) is 0. The van der Waals surface area contributed by atoms with E-state index in [0.29, 0.717) is 5.69 Å². The molecular formula is C7H5IN2. The second-order valence-electron chi connectivity index (χ2n) is 1.93. The highest BCUT2D eigenvalue weighted by Gasteiger charge is 1.95. The van der Waals surface area contributed by atoms with Crippen LogP contribution in [0.25, 0.3) is 0 Å². The lowest BCUT2D eigenvalue weighted by Crippen LogP contribution is -1.86. The maximum absolute atomic E-state index is 8.44. The predicted molar refractivity (Wildman–Crippen MR) is 46.4 cm³/mol. The van der Waals surface area contributed by atoms with Gasteiger partial charge in [-0.3, -0.25) is 0 Å². The van der Waals surface area contributed by atoms with Crippen LogP contribution in [0.3, 0.4) is 0 Å². The molecule has 0 aliphatic rings. The highest BCUT2D eigenvalue weighted by molar-refractivity contribution is 14.1. The Bertz CT molecular complexity index is 288. The van der Waals surface area contributed by atoms with Crippen LogP contribution in [0.15, 0.2) is 12.3 Å². The largest absolute Gasteiger partial charge is 0.244 e. The fraction of sp³-hybridized carbons (Fsp3) is 0.143. The molecule has 2 nitrogen and oxygen atoms in total. The third-order valence-corrected chi connectivity index (χ3v) is 2.29. The molecule has 0 fully saturated rings. The molecule has 1 heterocycles. The van der Waals surface area contributed by atoms with E-state index in [1.807, 2.05) is 13.0 Å². The SMILES string of the molecule is Cc1cc(C#N)ncc1I. The molecule has 0 amide bonds. The van der Waals surface area contributed by atoms with Crippen LogP contribution in [0, 0.1) is 21.8 Å². The Hall–Kier alpha value is -0.630. The monoisotopic (exact) mass is 244 g/mol. The number of nitrogens with zero attached hydrogens (tertiary/aromatic N) is 2. The summed E-state index contributed by atoms with van der Waals surface area (Å²) in [5.41, 5.74) is 1.59. The van der Waals surface area contributed by atoms with Crippen molar-refractivity contribution in [2.75, 3.05) is 0 Å². The van der Waals surface area contributed by atoms with Crippen LogP contribution in [0.2, 0.25) is 0 Å². The lowest BCUT2D eigenvalue weighted by molar-refractivity contribution is 1.21. The number of aryl methyl sites for hydroxylation is 1. The number of hydrogen-bond donors (Lipinski definition) is 0. The van der Waals surface area contributed by atoms with Crippen molar-refractivity contribution in [1.82, 2.24) is 4.98 Å². The lowest BCUT2D eigenvalue weighted by Gasteiger charge is -1.94. The Balaban J connectivity index is 3.20. The predicted octanol–water partition coefficient (Wildman–Crippen LogP) is 1.87. The molecule has 0 saturated carbocycles. The molecule has 3 heteroatoms. The van der Waals surface area contributed by atoms with Crippen molar-refractivity contribution in [3.63, 3.8) is 0 Å². The first-order valence-electron chi connectivity index (χ1n) is 2.76. The molecule has 0 atom stereocenters. The van der Waals surface area contributed by atoms with Crippen molar-refractivity contribution in [2.24, 2.45) is 0 Å². The summed E-state index contributed by atoms with van der Waals surface area (Å²) in [6, 6.07) is 3.76. The summed E-state index contributed by atoms with van der Waals surface area (Å²) in [6.45, 7) is 1.96. The highest BCUT2D eigenvalue weighted by atomic mass is 127. The zero-order valence-corrected chi connectivity index (χ0v) is 7.58. The maximum Gasteiger partial charge on any atom is 0.140 e. The molecule has 1 rings (SSSR count). The fourth-order valence-corrected chi connectivity index (χ4v) is 0.895. The number of nitriles is 1. The first-order chi connectivity index (χ1) is 4.74. The molecule has 0 aliphatic carbocycles. The van der Waals surface area contributed by atoms with Crippen molar-refractivity contribution in [1.29, 1.82) is 5.26 Å². The number of hydrogen-bond acceptors (Lipinski definition) is 2. The van der Waals surface area contributed by atoms with Gasteiger partial charge in [0, 0.05) is 9.77 Å². The molecule has 0 aliphatic heterocycles. The van der Waals surface area contributed by atoms with E-state index in [9.17, 15) is 0 Å². The zero-order valence-electron chi connectivity index (χ0n) is 5.43. The molecule has 1 aromatic rings. The summed E-state index contributed by atoms with van der Waals surface area (Å²) in [4.78, 5) is 3.89. The minimum absolute atomic E-state index is 0.484. The van der Waals surface area contributed by atoms with Gasteiger partial charge in [0.15, 0.2) is 0 Å². The molecule has 0 radical (unpaired) electrons. The molecule has 10 heavy (non-hydrogen) atoms. The number of rotatable bonds is 0. The summed E-state index contributed by atoms with van der Waals surface area (Å²) < 4.78 is 1.09. The van der Waals surface area contributed by atoms with Crippen LogP contribution in [0.5, 0.6) is 0 Å². The van der Waals surface area contributed by atoms with E-state index in [0.717, 1.165) is 9.13 Å². The van der Waals surface area contributed by atoms with Gasteiger partial charge in [-0.2, -0.15) is 5.26 Å². The van der Waals surface area contributed by atoms with Gasteiger partial charge < -0.3 is 0 Å². The van der Waals surface area contributed by atoms with Gasteiger partial charge in [0.2, 0.25) is 0 Å². The molecule has 0 aromatic carbocycles. The normalized spacial score (nSPS) is 8.90. The number of halogens is 1. The van der Waals surface area contributed by atoms with Gasteiger partial charge in [0.25, 0.3) is 0 Å². The van der Waals surface area contributed by atoms with Gasteiger partial charge in [-0.05, 0) is 41.1 Å². The molecule has 0 N–H and O–H groups in total. The first-order valence-corrected chi connectivity index (χ1v) is 3.84. The Morgan fingerprint density at radius 2 is 2.40 bits per heavy atom. The van der Waals surface area contributed by atoms with Gasteiger partial charge in [-0.25, -0.2) is 4.98 Å². The average Bonchev–Trinajstić information content (AvgIpc) is 1.95. The molecule has 0 saturated heterocycles. The van der Waals surface area contributed by atoms with Gasteiger partial charge in [-0.15, -0.1) is 0 Å². The van der Waals surface area contributed by atoms with Crippen molar-refractivity contribution in [3.8, 4) is 6.07 Å². The van der Waals surface area contributed by atoms with Gasteiger partial charge in [0.1, 0.15) is 11.8 Å². The summed E-state index contributed by atoms with van der Waals surface area (Å²) in [5.74, 6) is 0. The third-order valence-electron chi connectivity index (χ3n) is 1.16. The van der Waals surface area contributed by atoms with Crippen LogP contribution in [0.4, 0.5) is 0 Å². The second kappa shape index (κ2) is 2.97. The van der Waals surface area contributed by atoms with Crippen LogP contribution in [-0.4, -0.2) is 4.98 Å². The van der Waals surface area contributed by atoms with Crippen LogP contribution in [0.1, 0.15) is 11.3 Å². The Kier molecular flexibility index (Phi) is 2.22. The van der Waals surface area contributed by atoms with E-state index in [-0.39, 0.29) is 0 Å². The molecule has 1 aromatic heterocycles. The molecular weight excluding hydrogens is 239 g/mol. The molecule has 0 unspecified atom stereocenters. The fourth-order valence-electron chi connectivity index (χ4n) is 0.600. The lowest BCUT2D eigenvalue weighted by atomic mass is 10.2. The van der Waals surface area contributed by atoms with E-state index in [4.69, 9.17) is 5.26 Å². The van der Waals surface area contributed by atoms with Crippen molar-refractivity contribution >= 4 is 22.6 Å². The summed E-state index contributed by atoms with van der Waals surface area (Å²) in [6.07, 6.45) is 1.70. The van der Waals surface area contributed by atoms with E-state index in [1.54, 1.807) is 12.3 Å². The Morgan fingerprint density at radius 3 is 2.90 bits per heavy atom. The van der Waals surface area contributed by atoms with Gasteiger partial charge >= 0.3 is 0 Å². The number of pyridine rings is 1. The maximum atomic E-state index is 8.44. The van der Waals surface area contributed by atoms with Crippen LogP contribution in [-0.2, 0) is 0 Å². The van der Waals surface area contributed by atoms with E-state index in [2.05, 4.69) is 27.6 Å². The Morgan fingerprint density at radius 1 is 1.70 bits per heavy atom. The first kappa shape index (κ1) is 7.48. The van der Waals surface area contributed by atoms with Crippen molar-refractivity contribution in [2.45, 2.75) is 6.92 Å². The molecule has 0 bridgehead atoms. The quantitative estimate of drug-likeness (QED) is 0.653. The van der Waals surface area contributed by atoms with Crippen LogP contribution >= 0.6 is 22.6 Å². The smallest absolute Gasteiger partial charge is 0.140 e. The van der Waals surface area contributed by atoms with E-state index in [1.165, 1.54) is 0 Å². The van der Waals surface area contributed by atoms with Gasteiger partial charge in [-0.1, -0.05) is 0 Å². The van der Waals surface area contributed by atoms with Crippen molar-refractivity contribution in [3.05, 3.63) is 27.1 Å². The second-order valence-corrected chi connectivity index (χ2v) is 3.09. The van der Waals surface area contributed by atoms with Gasteiger partial charge in [0.05, 0.1) is 0 Å². The molecule has 50 valence electrons. The standard InChI is InChI=1S/C7H5IN2/c1-5-2-6(3-9)10-4-7(5)8/h2,4H,1H3. The minimum Gasteiger partial charge on any atom is -0.244 e. The average molecular weight is 244 g/mol. The summed E-state index contributed by atoms with van der Waals surface area (Å²) >= 11 is 2.19. The van der Waals surface area contributed by atoms with E-state index >= 15 is 0 Å². The Labute approximate surface area is 73.0 Å². The number of aromatic nitrogens is 1. The molecule has 0 spiro atoms.